The SMILES string of the molecule is CC(C)CN1CCC(Nc2ncc(C=CC(=O)NO)cc2Cl)CC1. The Bertz CT molecular complexity index is 584. The van der Waals surface area contributed by atoms with E-state index in [9.17, 15) is 4.79 Å². The number of pyridine rings is 1. The van der Waals surface area contributed by atoms with Crippen LogP contribution >= 0.6 is 11.6 Å². The van der Waals surface area contributed by atoms with Crippen molar-refractivity contribution in [2.24, 2.45) is 5.92 Å². The highest BCUT2D eigenvalue weighted by Crippen LogP contribution is 2.24. The minimum atomic E-state index is -0.596. The van der Waals surface area contributed by atoms with E-state index in [0.717, 1.165) is 32.5 Å². The molecular weight excluding hydrogens is 328 g/mol. The molecule has 3 N–H and O–H groups in total. The second-order valence-electron chi connectivity index (χ2n) is 6.52. The van der Waals surface area contributed by atoms with E-state index in [0.29, 0.717) is 28.4 Å². The second-order valence-corrected chi connectivity index (χ2v) is 6.93. The first-order valence-electron chi connectivity index (χ1n) is 8.24. The monoisotopic (exact) mass is 352 g/mol. The Morgan fingerprint density at radius 3 is 2.79 bits per heavy atom. The maximum atomic E-state index is 11.0. The lowest BCUT2D eigenvalue weighted by Crippen LogP contribution is -2.40. The van der Waals surface area contributed by atoms with Gasteiger partial charge in [-0.05, 0) is 36.5 Å². The van der Waals surface area contributed by atoms with E-state index < -0.39 is 5.91 Å². The molecule has 2 rings (SSSR count). The number of hydrogen-bond donors (Lipinski definition) is 3. The van der Waals surface area contributed by atoms with E-state index in [4.69, 9.17) is 16.8 Å². The zero-order valence-corrected chi connectivity index (χ0v) is 14.9. The van der Waals surface area contributed by atoms with Crippen molar-refractivity contribution >= 4 is 29.4 Å². The Balaban J connectivity index is 1.89. The van der Waals surface area contributed by atoms with Crippen molar-refractivity contribution in [3.63, 3.8) is 0 Å². The van der Waals surface area contributed by atoms with Crippen LogP contribution in [0.3, 0.4) is 0 Å². The number of amides is 1. The van der Waals surface area contributed by atoms with Crippen LogP contribution in [0, 0.1) is 5.92 Å². The molecule has 0 spiro atoms. The first-order valence-corrected chi connectivity index (χ1v) is 8.62. The molecule has 0 radical (unpaired) electrons. The van der Waals surface area contributed by atoms with Crippen LogP contribution in [-0.2, 0) is 4.79 Å². The van der Waals surface area contributed by atoms with Crippen LogP contribution in [0.1, 0.15) is 32.3 Å². The molecule has 6 nitrogen and oxygen atoms in total. The Morgan fingerprint density at radius 1 is 1.50 bits per heavy atom. The van der Waals surface area contributed by atoms with Gasteiger partial charge in [0.2, 0.25) is 0 Å². The van der Waals surface area contributed by atoms with Crippen LogP contribution in [-0.4, -0.2) is 46.7 Å². The molecule has 7 heteroatoms. The molecule has 1 aromatic rings. The number of carbonyl (C=O) groups is 1. The van der Waals surface area contributed by atoms with E-state index in [1.807, 2.05) is 0 Å². The summed E-state index contributed by atoms with van der Waals surface area (Å²) in [7, 11) is 0. The third kappa shape index (κ3) is 5.78. The first kappa shape index (κ1) is 18.7. The predicted octanol–water partition coefficient (Wildman–Crippen LogP) is 2.79. The molecule has 0 unspecified atom stereocenters. The fourth-order valence-electron chi connectivity index (χ4n) is 2.83. The average Bonchev–Trinajstić information content (AvgIpc) is 2.56. The van der Waals surface area contributed by atoms with Gasteiger partial charge < -0.3 is 10.2 Å². The molecule has 0 saturated carbocycles. The van der Waals surface area contributed by atoms with E-state index in [1.165, 1.54) is 11.6 Å². The molecule has 1 aliphatic heterocycles. The van der Waals surface area contributed by atoms with Crippen LogP contribution in [0.5, 0.6) is 0 Å². The van der Waals surface area contributed by atoms with Crippen LogP contribution in [0.4, 0.5) is 5.82 Å². The summed E-state index contributed by atoms with van der Waals surface area (Å²) in [6, 6.07) is 2.12. The lowest BCUT2D eigenvalue weighted by Gasteiger charge is -2.33. The average molecular weight is 353 g/mol. The standard InChI is InChI=1S/C17H25ClN4O2/c1-12(2)11-22-7-5-14(6-8-22)20-17-15(18)9-13(10-19-17)3-4-16(23)21-24/h3-4,9-10,12,14,24H,5-8,11H2,1-2H3,(H,19,20)(H,21,23). The number of halogens is 1. The summed E-state index contributed by atoms with van der Waals surface area (Å²) in [5.41, 5.74) is 2.23. The number of nitrogens with zero attached hydrogens (tertiary/aromatic N) is 2. The lowest BCUT2D eigenvalue weighted by atomic mass is 10.0. The summed E-state index contributed by atoms with van der Waals surface area (Å²) in [4.78, 5) is 17.8. The summed E-state index contributed by atoms with van der Waals surface area (Å²) < 4.78 is 0. The quantitative estimate of drug-likeness (QED) is 0.417. The van der Waals surface area contributed by atoms with Crippen molar-refractivity contribution in [1.82, 2.24) is 15.4 Å². The molecule has 132 valence electrons. The summed E-state index contributed by atoms with van der Waals surface area (Å²) in [6.45, 7) is 7.81. The maximum absolute atomic E-state index is 11.0. The highest BCUT2D eigenvalue weighted by Gasteiger charge is 2.20. The van der Waals surface area contributed by atoms with Gasteiger partial charge in [-0.2, -0.15) is 0 Å². The third-order valence-corrected chi connectivity index (χ3v) is 4.24. The predicted molar refractivity (Wildman–Crippen MR) is 96.1 cm³/mol. The van der Waals surface area contributed by atoms with E-state index in [-0.39, 0.29) is 0 Å². The Hall–Kier alpha value is -1.63. The number of hydroxylamine groups is 1. The molecule has 1 fully saturated rings. The molecule has 0 aromatic carbocycles. The summed E-state index contributed by atoms with van der Waals surface area (Å²) in [6.07, 6.45) is 6.54. The third-order valence-electron chi connectivity index (χ3n) is 3.95. The van der Waals surface area contributed by atoms with Gasteiger partial charge in [-0.25, -0.2) is 10.5 Å². The van der Waals surface area contributed by atoms with Gasteiger partial charge in [0.15, 0.2) is 0 Å². The topological polar surface area (TPSA) is 77.5 Å². The zero-order valence-electron chi connectivity index (χ0n) is 14.1. The number of piperidine rings is 1. The molecule has 1 aliphatic rings. The largest absolute Gasteiger partial charge is 0.366 e. The fraction of sp³-hybridized carbons (Fsp3) is 0.529. The molecule has 1 amide bonds. The Kier molecular flexibility index (Phi) is 7.02. The van der Waals surface area contributed by atoms with Crippen molar-refractivity contribution < 1.29 is 10.0 Å². The van der Waals surface area contributed by atoms with Gasteiger partial charge in [0.25, 0.3) is 5.91 Å². The van der Waals surface area contributed by atoms with Crippen LogP contribution in [0.15, 0.2) is 18.3 Å². The first-order chi connectivity index (χ1) is 11.5. The van der Waals surface area contributed by atoms with E-state index in [1.54, 1.807) is 18.3 Å². The highest BCUT2D eigenvalue weighted by molar-refractivity contribution is 6.33. The van der Waals surface area contributed by atoms with Gasteiger partial charge in [-0.15, -0.1) is 0 Å². The summed E-state index contributed by atoms with van der Waals surface area (Å²) in [5.74, 6) is 0.767. The zero-order chi connectivity index (χ0) is 17.5. The number of rotatable bonds is 6. The Labute approximate surface area is 147 Å². The van der Waals surface area contributed by atoms with Crippen molar-refractivity contribution in [2.45, 2.75) is 32.7 Å². The summed E-state index contributed by atoms with van der Waals surface area (Å²) in [5, 5.41) is 12.4. The van der Waals surface area contributed by atoms with Crippen LogP contribution < -0.4 is 10.8 Å². The molecular formula is C17H25ClN4O2. The molecule has 2 heterocycles. The van der Waals surface area contributed by atoms with Gasteiger partial charge in [0, 0.05) is 37.9 Å². The fourth-order valence-corrected chi connectivity index (χ4v) is 3.06. The Morgan fingerprint density at radius 2 is 2.21 bits per heavy atom. The maximum Gasteiger partial charge on any atom is 0.267 e. The normalized spacial score (nSPS) is 16.7. The molecule has 0 atom stereocenters. The van der Waals surface area contributed by atoms with Gasteiger partial charge in [0.05, 0.1) is 5.02 Å². The minimum Gasteiger partial charge on any atom is -0.366 e. The second kappa shape index (κ2) is 9.01. The van der Waals surface area contributed by atoms with Crippen LogP contribution in [0.25, 0.3) is 6.08 Å². The van der Waals surface area contributed by atoms with Crippen molar-refractivity contribution in [3.05, 3.63) is 28.9 Å². The minimum absolute atomic E-state index is 0.375. The van der Waals surface area contributed by atoms with Gasteiger partial charge in [-0.3, -0.25) is 10.0 Å². The molecule has 0 bridgehead atoms. The number of aromatic nitrogens is 1. The number of likely N-dealkylation sites (tertiary alicyclic amines) is 1. The number of nitrogens with one attached hydrogen (secondary N) is 2. The summed E-state index contributed by atoms with van der Waals surface area (Å²) >= 11 is 6.28. The van der Waals surface area contributed by atoms with Crippen LogP contribution in [0.2, 0.25) is 5.02 Å². The molecule has 0 aliphatic carbocycles. The number of hydrogen-bond acceptors (Lipinski definition) is 5. The number of anilines is 1. The van der Waals surface area contributed by atoms with E-state index in [2.05, 4.69) is 29.0 Å². The van der Waals surface area contributed by atoms with Crippen molar-refractivity contribution in [2.75, 3.05) is 25.0 Å². The van der Waals surface area contributed by atoms with Crippen molar-refractivity contribution in [3.8, 4) is 0 Å². The molecule has 24 heavy (non-hydrogen) atoms. The lowest BCUT2D eigenvalue weighted by molar-refractivity contribution is -0.124. The van der Waals surface area contributed by atoms with E-state index >= 15 is 0 Å². The highest BCUT2D eigenvalue weighted by atomic mass is 35.5. The van der Waals surface area contributed by atoms with Gasteiger partial charge >= 0.3 is 0 Å². The smallest absolute Gasteiger partial charge is 0.267 e. The molecule has 1 aromatic heterocycles. The number of carbonyl (C=O) groups excluding carboxylic acids is 1. The van der Waals surface area contributed by atoms with Gasteiger partial charge in [0.1, 0.15) is 5.82 Å². The molecule has 1 saturated heterocycles. The van der Waals surface area contributed by atoms with Crippen molar-refractivity contribution in [1.29, 1.82) is 0 Å². The van der Waals surface area contributed by atoms with Gasteiger partial charge in [-0.1, -0.05) is 25.4 Å².